The molecule has 2 atom stereocenters. The van der Waals surface area contributed by atoms with Crippen molar-refractivity contribution in [1.29, 1.82) is 0 Å². The van der Waals surface area contributed by atoms with Crippen LogP contribution >= 0.6 is 22.9 Å². The fourth-order valence-electron chi connectivity index (χ4n) is 4.07. The lowest BCUT2D eigenvalue weighted by atomic mass is 9.99. The standard InChI is InChI=1S/C17H15ClN2OS/c18-13-3-1-2-11-7-15(22-16(11)13)17(21)20-12-6-10-4-5-19(8-12)9-14(10)20/h1-3,7,9-10,12H,4-6,8H2. The minimum absolute atomic E-state index is 0.151. The number of fused-ring (bicyclic) bond motifs is 3. The van der Waals surface area contributed by atoms with Gasteiger partial charge in [-0.1, -0.05) is 23.7 Å². The quantitative estimate of drug-likeness (QED) is 0.790. The average molecular weight is 331 g/mol. The molecule has 1 amide bonds. The molecule has 112 valence electrons. The number of hydrogen-bond donors (Lipinski definition) is 0. The summed E-state index contributed by atoms with van der Waals surface area (Å²) in [5.41, 5.74) is 1.23. The van der Waals surface area contributed by atoms with Crippen LogP contribution in [0.25, 0.3) is 10.1 Å². The smallest absolute Gasteiger partial charge is 0.268 e. The van der Waals surface area contributed by atoms with Gasteiger partial charge in [-0.25, -0.2) is 0 Å². The van der Waals surface area contributed by atoms with Crippen LogP contribution in [0.5, 0.6) is 0 Å². The number of allylic oxidation sites excluding steroid dienone is 1. The second-order valence-electron chi connectivity index (χ2n) is 6.37. The SMILES string of the molecule is O=C(c1cc2cccc(Cl)c2s1)N1C2=CN3CCC2CC1C3. The van der Waals surface area contributed by atoms with Crippen molar-refractivity contribution in [2.45, 2.75) is 18.9 Å². The molecule has 5 heteroatoms. The van der Waals surface area contributed by atoms with Gasteiger partial charge in [0.2, 0.25) is 0 Å². The van der Waals surface area contributed by atoms with Gasteiger partial charge in [0.05, 0.1) is 20.6 Å². The summed E-state index contributed by atoms with van der Waals surface area (Å²) in [5.74, 6) is 0.725. The predicted octanol–water partition coefficient (Wildman–Crippen LogP) is 3.95. The molecule has 3 aliphatic heterocycles. The Morgan fingerprint density at radius 3 is 3.14 bits per heavy atom. The zero-order valence-corrected chi connectivity index (χ0v) is 13.5. The van der Waals surface area contributed by atoms with Crippen molar-refractivity contribution in [2.24, 2.45) is 5.92 Å². The molecule has 0 saturated carbocycles. The third kappa shape index (κ3) is 1.71. The number of benzene rings is 1. The molecule has 3 nitrogen and oxygen atoms in total. The number of nitrogens with zero attached hydrogens (tertiary/aromatic N) is 2. The lowest BCUT2D eigenvalue weighted by Crippen LogP contribution is -2.46. The van der Waals surface area contributed by atoms with Crippen LogP contribution in [0.4, 0.5) is 0 Å². The van der Waals surface area contributed by atoms with Crippen LogP contribution in [0.2, 0.25) is 5.02 Å². The molecule has 0 aliphatic carbocycles. The van der Waals surface area contributed by atoms with E-state index in [0.717, 1.165) is 39.5 Å². The number of hydrogen-bond acceptors (Lipinski definition) is 3. The molecule has 1 saturated heterocycles. The van der Waals surface area contributed by atoms with E-state index in [2.05, 4.69) is 16.0 Å². The second kappa shape index (κ2) is 4.49. The highest BCUT2D eigenvalue weighted by molar-refractivity contribution is 7.21. The Morgan fingerprint density at radius 2 is 2.27 bits per heavy atom. The van der Waals surface area contributed by atoms with Gasteiger partial charge in [-0.05, 0) is 30.4 Å². The highest BCUT2D eigenvalue weighted by Gasteiger charge is 2.46. The van der Waals surface area contributed by atoms with Crippen molar-refractivity contribution in [2.75, 3.05) is 13.1 Å². The minimum atomic E-state index is 0.151. The van der Waals surface area contributed by atoms with Gasteiger partial charge in [0, 0.05) is 30.9 Å². The maximum Gasteiger partial charge on any atom is 0.268 e. The van der Waals surface area contributed by atoms with E-state index in [1.807, 2.05) is 24.3 Å². The summed E-state index contributed by atoms with van der Waals surface area (Å²) < 4.78 is 1.01. The van der Waals surface area contributed by atoms with Gasteiger partial charge in [0.15, 0.2) is 0 Å². The average Bonchev–Trinajstić information content (AvgIpc) is 2.98. The van der Waals surface area contributed by atoms with E-state index in [0.29, 0.717) is 12.0 Å². The number of amides is 1. The number of thiophene rings is 1. The Morgan fingerprint density at radius 1 is 1.36 bits per heavy atom. The molecule has 4 heterocycles. The fraction of sp³-hybridized carbons (Fsp3) is 0.353. The van der Waals surface area contributed by atoms with E-state index >= 15 is 0 Å². The van der Waals surface area contributed by atoms with Crippen molar-refractivity contribution >= 4 is 38.9 Å². The predicted molar refractivity (Wildman–Crippen MR) is 89.2 cm³/mol. The molecule has 2 unspecified atom stereocenters. The lowest BCUT2D eigenvalue weighted by molar-refractivity contribution is 0.0725. The fourth-order valence-corrected chi connectivity index (χ4v) is 5.37. The van der Waals surface area contributed by atoms with Gasteiger partial charge in [-0.3, -0.25) is 4.79 Å². The van der Waals surface area contributed by atoms with Gasteiger partial charge < -0.3 is 9.80 Å². The molecule has 22 heavy (non-hydrogen) atoms. The van der Waals surface area contributed by atoms with Crippen LogP contribution in [0, 0.1) is 5.92 Å². The normalized spacial score (nSPS) is 26.0. The molecule has 3 aliphatic rings. The summed E-state index contributed by atoms with van der Waals surface area (Å²) in [6.07, 6.45) is 4.51. The van der Waals surface area contributed by atoms with Crippen molar-refractivity contribution in [3.63, 3.8) is 0 Å². The summed E-state index contributed by atoms with van der Waals surface area (Å²) in [5, 5.41) is 1.79. The topological polar surface area (TPSA) is 23.6 Å². The first kappa shape index (κ1) is 13.0. The number of carbonyl (C=O) groups excluding carboxylic acids is 1. The Balaban J connectivity index is 1.57. The largest absolute Gasteiger partial charge is 0.374 e. The van der Waals surface area contributed by atoms with Crippen LogP contribution in [0.3, 0.4) is 0 Å². The molecule has 5 rings (SSSR count). The third-order valence-electron chi connectivity index (χ3n) is 5.07. The highest BCUT2D eigenvalue weighted by Crippen LogP contribution is 2.44. The van der Waals surface area contributed by atoms with E-state index in [-0.39, 0.29) is 5.91 Å². The van der Waals surface area contributed by atoms with Crippen LogP contribution in [0.1, 0.15) is 22.5 Å². The Hall–Kier alpha value is -1.52. The van der Waals surface area contributed by atoms with E-state index in [4.69, 9.17) is 11.6 Å². The molecule has 1 aromatic heterocycles. The maximum atomic E-state index is 13.1. The first-order chi connectivity index (χ1) is 10.7. The molecular formula is C17H15ClN2OS. The van der Waals surface area contributed by atoms with E-state index < -0.39 is 0 Å². The van der Waals surface area contributed by atoms with Crippen molar-refractivity contribution in [3.05, 3.63) is 46.1 Å². The molecule has 0 radical (unpaired) electrons. The Labute approximate surface area is 137 Å². The van der Waals surface area contributed by atoms with Crippen LogP contribution in [-0.2, 0) is 0 Å². The first-order valence-corrected chi connectivity index (χ1v) is 8.87. The van der Waals surface area contributed by atoms with Gasteiger partial charge in [-0.15, -0.1) is 11.3 Å². The van der Waals surface area contributed by atoms with Crippen molar-refractivity contribution in [3.8, 4) is 0 Å². The van der Waals surface area contributed by atoms with Crippen LogP contribution < -0.4 is 0 Å². The molecule has 2 aromatic rings. The van der Waals surface area contributed by atoms with Crippen LogP contribution in [-0.4, -0.2) is 34.8 Å². The summed E-state index contributed by atoms with van der Waals surface area (Å²) in [4.78, 5) is 18.3. The van der Waals surface area contributed by atoms with Crippen LogP contribution in [0.15, 0.2) is 36.2 Å². The molecule has 1 aromatic carbocycles. The molecule has 1 fully saturated rings. The summed E-state index contributed by atoms with van der Waals surface area (Å²) in [6, 6.07) is 8.17. The minimum Gasteiger partial charge on any atom is -0.374 e. The van der Waals surface area contributed by atoms with Gasteiger partial charge in [-0.2, -0.15) is 0 Å². The van der Waals surface area contributed by atoms with Gasteiger partial charge >= 0.3 is 0 Å². The summed E-state index contributed by atoms with van der Waals surface area (Å²) >= 11 is 7.76. The van der Waals surface area contributed by atoms with E-state index in [1.54, 1.807) is 0 Å². The maximum absolute atomic E-state index is 13.1. The molecule has 0 N–H and O–H groups in total. The molecular weight excluding hydrogens is 316 g/mol. The van der Waals surface area contributed by atoms with Crippen molar-refractivity contribution in [1.82, 2.24) is 9.80 Å². The van der Waals surface area contributed by atoms with Crippen molar-refractivity contribution < 1.29 is 4.79 Å². The highest BCUT2D eigenvalue weighted by atomic mass is 35.5. The number of rotatable bonds is 1. The molecule has 3 bridgehead atoms. The Bertz CT molecular complexity index is 825. The van der Waals surface area contributed by atoms with E-state index in [9.17, 15) is 4.79 Å². The van der Waals surface area contributed by atoms with E-state index in [1.165, 1.54) is 23.5 Å². The lowest BCUT2D eigenvalue weighted by Gasteiger charge is -2.38. The zero-order chi connectivity index (χ0) is 14.8. The number of halogens is 1. The Kier molecular flexibility index (Phi) is 2.65. The third-order valence-corrected chi connectivity index (χ3v) is 6.67. The number of carbonyl (C=O) groups is 1. The molecule has 0 spiro atoms. The summed E-state index contributed by atoms with van der Waals surface area (Å²) in [6.45, 7) is 2.13. The first-order valence-electron chi connectivity index (χ1n) is 7.68. The zero-order valence-electron chi connectivity index (χ0n) is 12.0. The van der Waals surface area contributed by atoms with Gasteiger partial charge in [0.25, 0.3) is 5.91 Å². The monoisotopic (exact) mass is 330 g/mol. The van der Waals surface area contributed by atoms with Gasteiger partial charge in [0.1, 0.15) is 0 Å². The second-order valence-corrected chi connectivity index (χ2v) is 7.83. The summed E-state index contributed by atoms with van der Waals surface area (Å²) in [7, 11) is 0.